The summed E-state index contributed by atoms with van der Waals surface area (Å²) in [6.45, 7) is 4.86. The average molecular weight is 342 g/mol. The lowest BCUT2D eigenvalue weighted by molar-refractivity contribution is 0.174. The van der Waals surface area contributed by atoms with E-state index in [-0.39, 0.29) is 18.2 Å². The summed E-state index contributed by atoms with van der Waals surface area (Å²) in [4.78, 5) is 12.2. The summed E-state index contributed by atoms with van der Waals surface area (Å²) in [5.41, 5.74) is 1.57. The molecule has 0 radical (unpaired) electrons. The summed E-state index contributed by atoms with van der Waals surface area (Å²) < 4.78 is 15.7. The van der Waals surface area contributed by atoms with Crippen molar-refractivity contribution in [2.24, 2.45) is 0 Å². The fraction of sp³-hybridized carbons (Fsp3) is 0.316. The topological polar surface area (TPSA) is 68.8 Å². The zero-order valence-electron chi connectivity index (χ0n) is 14.6. The van der Waals surface area contributed by atoms with E-state index in [0.29, 0.717) is 23.7 Å². The van der Waals surface area contributed by atoms with Crippen molar-refractivity contribution in [3.05, 3.63) is 48.0 Å². The first-order valence-electron chi connectivity index (χ1n) is 8.07. The number of anilines is 1. The van der Waals surface area contributed by atoms with E-state index in [0.717, 1.165) is 11.3 Å². The van der Waals surface area contributed by atoms with Gasteiger partial charge in [0.05, 0.1) is 7.11 Å². The second-order valence-electron chi connectivity index (χ2n) is 6.49. The third-order valence-corrected chi connectivity index (χ3v) is 4.19. The zero-order valence-corrected chi connectivity index (χ0v) is 14.6. The van der Waals surface area contributed by atoms with Gasteiger partial charge in [-0.05, 0) is 29.8 Å². The summed E-state index contributed by atoms with van der Waals surface area (Å²) in [6.07, 6.45) is 0. The van der Waals surface area contributed by atoms with Gasteiger partial charge >= 0.3 is 6.03 Å². The lowest BCUT2D eigenvalue weighted by atomic mass is 9.84. The van der Waals surface area contributed by atoms with Crippen LogP contribution >= 0.6 is 0 Å². The minimum Gasteiger partial charge on any atom is -0.497 e. The monoisotopic (exact) mass is 342 g/mol. The molecule has 2 amide bonds. The van der Waals surface area contributed by atoms with Crippen LogP contribution in [0.15, 0.2) is 42.5 Å². The Bertz CT molecular complexity index is 757. The molecule has 0 fully saturated rings. The molecule has 6 nitrogen and oxygen atoms in total. The molecule has 2 aromatic rings. The van der Waals surface area contributed by atoms with E-state index in [1.807, 2.05) is 24.3 Å². The van der Waals surface area contributed by atoms with Crippen LogP contribution in [0.4, 0.5) is 10.5 Å². The third kappa shape index (κ3) is 3.96. The van der Waals surface area contributed by atoms with Crippen molar-refractivity contribution in [2.75, 3.05) is 25.8 Å². The molecule has 6 heteroatoms. The number of methoxy groups -OCH3 is 1. The molecule has 1 aliphatic rings. The van der Waals surface area contributed by atoms with Crippen molar-refractivity contribution in [1.29, 1.82) is 0 Å². The largest absolute Gasteiger partial charge is 0.497 e. The Hall–Kier alpha value is -2.89. The van der Waals surface area contributed by atoms with Gasteiger partial charge in [0.15, 0.2) is 11.5 Å². The standard InChI is InChI=1S/C19H22N2O4/c1-19(2,13-4-7-15(23-3)8-5-13)11-20-18(22)21-14-6-9-16-17(10-14)25-12-24-16/h4-10H,11-12H2,1-3H3,(H2,20,21,22). The Labute approximate surface area is 147 Å². The van der Waals surface area contributed by atoms with E-state index in [1.54, 1.807) is 25.3 Å². The van der Waals surface area contributed by atoms with Gasteiger partial charge in [-0.15, -0.1) is 0 Å². The van der Waals surface area contributed by atoms with Gasteiger partial charge in [-0.25, -0.2) is 4.79 Å². The van der Waals surface area contributed by atoms with Crippen molar-refractivity contribution in [2.45, 2.75) is 19.3 Å². The van der Waals surface area contributed by atoms with Crippen LogP contribution in [-0.2, 0) is 5.41 Å². The van der Waals surface area contributed by atoms with Crippen LogP contribution in [0.3, 0.4) is 0 Å². The van der Waals surface area contributed by atoms with Gasteiger partial charge in [0, 0.05) is 23.7 Å². The van der Waals surface area contributed by atoms with E-state index in [9.17, 15) is 4.79 Å². The first-order chi connectivity index (χ1) is 12.0. The molecule has 0 aromatic heterocycles. The first-order valence-corrected chi connectivity index (χ1v) is 8.07. The van der Waals surface area contributed by atoms with Crippen LogP contribution in [-0.4, -0.2) is 26.5 Å². The molecule has 0 bridgehead atoms. The summed E-state index contributed by atoms with van der Waals surface area (Å²) >= 11 is 0. The summed E-state index contributed by atoms with van der Waals surface area (Å²) in [5, 5.41) is 5.72. The Kier molecular flexibility index (Phi) is 4.70. The van der Waals surface area contributed by atoms with Crippen LogP contribution in [0.1, 0.15) is 19.4 Å². The minimum absolute atomic E-state index is 0.209. The maximum absolute atomic E-state index is 12.2. The van der Waals surface area contributed by atoms with Gasteiger partial charge in [0.1, 0.15) is 5.75 Å². The van der Waals surface area contributed by atoms with E-state index >= 15 is 0 Å². The molecule has 132 valence electrons. The summed E-state index contributed by atoms with van der Waals surface area (Å²) in [5.74, 6) is 2.14. The Morgan fingerprint density at radius 2 is 1.84 bits per heavy atom. The number of urea groups is 1. The highest BCUT2D eigenvalue weighted by Gasteiger charge is 2.22. The van der Waals surface area contributed by atoms with Crippen molar-refractivity contribution in [1.82, 2.24) is 5.32 Å². The van der Waals surface area contributed by atoms with E-state index in [4.69, 9.17) is 14.2 Å². The van der Waals surface area contributed by atoms with Crippen LogP contribution in [0.25, 0.3) is 0 Å². The predicted molar refractivity (Wildman–Crippen MR) is 95.6 cm³/mol. The molecule has 0 aliphatic carbocycles. The SMILES string of the molecule is COc1ccc(C(C)(C)CNC(=O)Nc2ccc3c(c2)OCO3)cc1. The van der Waals surface area contributed by atoms with Crippen molar-refractivity contribution >= 4 is 11.7 Å². The first kappa shape index (κ1) is 17.0. The Morgan fingerprint density at radius 1 is 1.12 bits per heavy atom. The van der Waals surface area contributed by atoms with Crippen molar-refractivity contribution < 1.29 is 19.0 Å². The van der Waals surface area contributed by atoms with Crippen LogP contribution in [0.2, 0.25) is 0 Å². The molecule has 1 aliphatic heterocycles. The molecule has 1 heterocycles. The highest BCUT2D eigenvalue weighted by Crippen LogP contribution is 2.34. The van der Waals surface area contributed by atoms with Gasteiger partial charge in [0.25, 0.3) is 0 Å². The number of fused-ring (bicyclic) bond motifs is 1. The summed E-state index contributed by atoms with van der Waals surface area (Å²) in [7, 11) is 1.64. The zero-order chi connectivity index (χ0) is 17.9. The van der Waals surface area contributed by atoms with E-state index in [1.165, 1.54) is 0 Å². The molecule has 0 saturated heterocycles. The van der Waals surface area contributed by atoms with E-state index in [2.05, 4.69) is 24.5 Å². The Morgan fingerprint density at radius 3 is 2.56 bits per heavy atom. The molecule has 3 rings (SSSR count). The van der Waals surface area contributed by atoms with E-state index < -0.39 is 0 Å². The van der Waals surface area contributed by atoms with Crippen molar-refractivity contribution in [3.8, 4) is 17.2 Å². The van der Waals surface area contributed by atoms with Crippen LogP contribution < -0.4 is 24.8 Å². The molecule has 2 aromatic carbocycles. The fourth-order valence-electron chi connectivity index (χ4n) is 2.60. The Balaban J connectivity index is 1.57. The number of hydrogen-bond acceptors (Lipinski definition) is 4. The minimum atomic E-state index is -0.263. The quantitative estimate of drug-likeness (QED) is 0.872. The highest BCUT2D eigenvalue weighted by atomic mass is 16.7. The number of rotatable bonds is 5. The number of benzene rings is 2. The summed E-state index contributed by atoms with van der Waals surface area (Å²) in [6, 6.07) is 12.9. The molecule has 0 spiro atoms. The second kappa shape index (κ2) is 6.93. The van der Waals surface area contributed by atoms with Crippen LogP contribution in [0, 0.1) is 0 Å². The highest BCUT2D eigenvalue weighted by molar-refractivity contribution is 5.89. The number of carbonyl (C=O) groups is 1. The number of nitrogens with one attached hydrogen (secondary N) is 2. The molecular formula is C19H22N2O4. The predicted octanol–water partition coefficient (Wildman–Crippen LogP) is 3.52. The van der Waals surface area contributed by atoms with Crippen molar-refractivity contribution in [3.63, 3.8) is 0 Å². The van der Waals surface area contributed by atoms with Gasteiger partial charge in [-0.2, -0.15) is 0 Å². The molecule has 0 unspecified atom stereocenters. The number of carbonyl (C=O) groups excluding carboxylic acids is 1. The van der Waals surface area contributed by atoms with Crippen LogP contribution in [0.5, 0.6) is 17.2 Å². The molecule has 0 saturated carbocycles. The fourth-order valence-corrected chi connectivity index (χ4v) is 2.60. The smallest absolute Gasteiger partial charge is 0.319 e. The molecular weight excluding hydrogens is 320 g/mol. The number of amides is 2. The van der Waals surface area contributed by atoms with Gasteiger partial charge < -0.3 is 24.8 Å². The normalized spacial score (nSPS) is 12.6. The molecule has 25 heavy (non-hydrogen) atoms. The molecule has 0 atom stereocenters. The maximum atomic E-state index is 12.2. The van der Waals surface area contributed by atoms with Gasteiger partial charge in [0.2, 0.25) is 6.79 Å². The molecule has 2 N–H and O–H groups in total. The number of hydrogen-bond donors (Lipinski definition) is 2. The van der Waals surface area contributed by atoms with Gasteiger partial charge in [-0.3, -0.25) is 0 Å². The average Bonchev–Trinajstić information content (AvgIpc) is 3.08. The third-order valence-electron chi connectivity index (χ3n) is 4.19. The lowest BCUT2D eigenvalue weighted by Gasteiger charge is -2.26. The maximum Gasteiger partial charge on any atom is 0.319 e. The van der Waals surface area contributed by atoms with Gasteiger partial charge in [-0.1, -0.05) is 26.0 Å². The second-order valence-corrected chi connectivity index (χ2v) is 6.49. The lowest BCUT2D eigenvalue weighted by Crippen LogP contribution is -2.38. The number of ether oxygens (including phenoxy) is 3.